The first-order valence-corrected chi connectivity index (χ1v) is 6.35. The van der Waals surface area contributed by atoms with Crippen molar-refractivity contribution in [3.8, 4) is 0 Å². The van der Waals surface area contributed by atoms with Gasteiger partial charge in [0.1, 0.15) is 0 Å². The normalized spacial score (nSPS) is 12.1. The highest BCUT2D eigenvalue weighted by atomic mass is 16.5. The third-order valence-electron chi connectivity index (χ3n) is 3.33. The Morgan fingerprint density at radius 1 is 1.22 bits per heavy atom. The number of carbonyl (C=O) groups excluding carboxylic acids is 2. The maximum Gasteiger partial charge on any atom is 0.305 e. The van der Waals surface area contributed by atoms with Gasteiger partial charge in [-0.1, -0.05) is 0 Å². The van der Waals surface area contributed by atoms with Gasteiger partial charge in [0.05, 0.1) is 12.0 Å². The molecule has 0 aliphatic rings. The molecule has 0 atom stereocenters. The molecule has 3 N–H and O–H groups in total. The number of rotatable bonds is 7. The Hall–Kier alpha value is -1.10. The molecule has 0 aromatic heterocycles. The van der Waals surface area contributed by atoms with Crippen LogP contribution in [-0.4, -0.2) is 30.6 Å². The molecule has 5 nitrogen and oxygen atoms in total. The first-order chi connectivity index (χ1) is 8.13. The summed E-state index contributed by atoms with van der Waals surface area (Å²) >= 11 is 0. The van der Waals surface area contributed by atoms with Gasteiger partial charge in [-0.3, -0.25) is 9.59 Å². The predicted molar refractivity (Wildman–Crippen MR) is 70.9 cm³/mol. The van der Waals surface area contributed by atoms with Gasteiger partial charge in [0.2, 0.25) is 5.91 Å². The monoisotopic (exact) mass is 258 g/mol. The smallest absolute Gasteiger partial charge is 0.305 e. The molecular weight excluding hydrogens is 232 g/mol. The Bertz CT molecular complexity index is 293. The van der Waals surface area contributed by atoms with Gasteiger partial charge in [-0.05, 0) is 41.0 Å². The van der Waals surface area contributed by atoms with Gasteiger partial charge < -0.3 is 15.8 Å². The summed E-state index contributed by atoms with van der Waals surface area (Å²) in [5, 5.41) is 2.80. The molecule has 0 heterocycles. The molecule has 0 fully saturated rings. The van der Waals surface area contributed by atoms with Crippen LogP contribution in [0.4, 0.5) is 0 Å². The fourth-order valence-corrected chi connectivity index (χ4v) is 1.18. The predicted octanol–water partition coefficient (Wildman–Crippen LogP) is 1.21. The Labute approximate surface area is 109 Å². The van der Waals surface area contributed by atoms with Gasteiger partial charge in [0, 0.05) is 18.5 Å². The van der Waals surface area contributed by atoms with Crippen molar-refractivity contribution in [2.45, 2.75) is 53.0 Å². The first-order valence-electron chi connectivity index (χ1n) is 6.35. The second-order valence-corrected chi connectivity index (χ2v) is 5.51. The number of ether oxygens (including phenoxy) is 1. The maximum atomic E-state index is 12.0. The molecule has 18 heavy (non-hydrogen) atoms. The van der Waals surface area contributed by atoms with Crippen LogP contribution >= 0.6 is 0 Å². The van der Waals surface area contributed by atoms with Crippen LogP contribution in [0.15, 0.2) is 0 Å². The van der Waals surface area contributed by atoms with E-state index in [2.05, 4.69) is 5.32 Å². The summed E-state index contributed by atoms with van der Waals surface area (Å²) < 4.78 is 4.80. The lowest BCUT2D eigenvalue weighted by molar-refractivity contribution is -0.143. The topological polar surface area (TPSA) is 81.4 Å². The highest BCUT2D eigenvalue weighted by molar-refractivity contribution is 5.83. The van der Waals surface area contributed by atoms with E-state index < -0.39 is 11.0 Å². The molecule has 0 aliphatic heterocycles. The van der Waals surface area contributed by atoms with E-state index in [-0.39, 0.29) is 11.9 Å². The number of hydrogen-bond acceptors (Lipinski definition) is 4. The third-order valence-corrected chi connectivity index (χ3v) is 3.33. The lowest BCUT2D eigenvalue weighted by Crippen LogP contribution is -2.55. The first kappa shape index (κ1) is 16.9. The lowest BCUT2D eigenvalue weighted by atomic mass is 9.74. The number of esters is 1. The zero-order chi connectivity index (χ0) is 14.4. The fourth-order valence-electron chi connectivity index (χ4n) is 1.18. The van der Waals surface area contributed by atoms with Crippen LogP contribution < -0.4 is 11.1 Å². The minimum Gasteiger partial charge on any atom is -0.466 e. The van der Waals surface area contributed by atoms with E-state index in [4.69, 9.17) is 10.5 Å². The molecule has 0 aromatic carbocycles. The van der Waals surface area contributed by atoms with Crippen molar-refractivity contribution >= 4 is 11.9 Å². The fraction of sp³-hybridized carbons (Fsp3) is 0.846. The molecule has 0 rings (SSSR count). The summed E-state index contributed by atoms with van der Waals surface area (Å²) in [6, 6.07) is 0. The van der Waals surface area contributed by atoms with Gasteiger partial charge in [-0.2, -0.15) is 0 Å². The largest absolute Gasteiger partial charge is 0.466 e. The lowest BCUT2D eigenvalue weighted by Gasteiger charge is -2.36. The molecule has 0 aromatic rings. The van der Waals surface area contributed by atoms with E-state index in [9.17, 15) is 9.59 Å². The van der Waals surface area contributed by atoms with Crippen LogP contribution in [0.1, 0.15) is 47.5 Å². The Kier molecular flexibility index (Phi) is 6.32. The molecule has 0 spiro atoms. The molecule has 0 saturated heterocycles. The average Bonchev–Trinajstić information content (AvgIpc) is 2.22. The zero-order valence-corrected chi connectivity index (χ0v) is 12.1. The van der Waals surface area contributed by atoms with Gasteiger partial charge in [0.15, 0.2) is 0 Å². The summed E-state index contributed by atoms with van der Waals surface area (Å²) in [7, 11) is 0. The highest BCUT2D eigenvalue weighted by Gasteiger charge is 2.40. The summed E-state index contributed by atoms with van der Waals surface area (Å²) in [4.78, 5) is 23.1. The molecule has 0 radical (unpaired) electrons. The van der Waals surface area contributed by atoms with E-state index in [0.29, 0.717) is 26.0 Å². The van der Waals surface area contributed by atoms with Crippen molar-refractivity contribution < 1.29 is 14.3 Å². The number of hydrogen-bond donors (Lipinski definition) is 2. The number of amides is 1. The molecule has 1 amide bonds. The molecule has 0 saturated carbocycles. The highest BCUT2D eigenvalue weighted by Crippen LogP contribution is 2.28. The Morgan fingerprint density at radius 2 is 1.78 bits per heavy atom. The van der Waals surface area contributed by atoms with Gasteiger partial charge in [0.25, 0.3) is 0 Å². The summed E-state index contributed by atoms with van der Waals surface area (Å²) in [6.07, 6.45) is 0.895. The number of nitrogens with two attached hydrogens (primary N) is 1. The molecule has 0 unspecified atom stereocenters. The molecule has 0 bridgehead atoms. The zero-order valence-electron chi connectivity index (χ0n) is 12.1. The second kappa shape index (κ2) is 6.73. The maximum absolute atomic E-state index is 12.0. The molecule has 0 aliphatic carbocycles. The standard InChI is InChI=1S/C13H26N2O3/c1-6-18-10(16)8-7-9-15-11(17)12(2,3)13(4,5)14/h6-9,14H2,1-5H3,(H,15,17). The van der Waals surface area contributed by atoms with Crippen molar-refractivity contribution in [2.24, 2.45) is 11.1 Å². The van der Waals surface area contributed by atoms with E-state index >= 15 is 0 Å². The molecule has 106 valence electrons. The summed E-state index contributed by atoms with van der Waals surface area (Å²) in [5.74, 6) is -0.330. The van der Waals surface area contributed by atoms with Gasteiger partial charge in [-0.25, -0.2) is 0 Å². The van der Waals surface area contributed by atoms with E-state index in [1.807, 2.05) is 27.7 Å². The number of nitrogens with one attached hydrogen (secondary N) is 1. The average molecular weight is 258 g/mol. The minimum absolute atomic E-state index is 0.0983. The van der Waals surface area contributed by atoms with E-state index in [1.165, 1.54) is 0 Å². The SMILES string of the molecule is CCOC(=O)CCCNC(=O)C(C)(C)C(C)(C)N. The van der Waals surface area contributed by atoms with Gasteiger partial charge >= 0.3 is 5.97 Å². The van der Waals surface area contributed by atoms with Crippen molar-refractivity contribution in [3.63, 3.8) is 0 Å². The van der Waals surface area contributed by atoms with E-state index in [0.717, 1.165) is 0 Å². The van der Waals surface area contributed by atoms with Crippen LogP contribution in [0.3, 0.4) is 0 Å². The Balaban J connectivity index is 4.02. The van der Waals surface area contributed by atoms with Crippen LogP contribution in [0.5, 0.6) is 0 Å². The van der Waals surface area contributed by atoms with Crippen LogP contribution in [0, 0.1) is 5.41 Å². The summed E-state index contributed by atoms with van der Waals surface area (Å²) in [6.45, 7) is 9.89. The van der Waals surface area contributed by atoms with Crippen molar-refractivity contribution in [3.05, 3.63) is 0 Å². The van der Waals surface area contributed by atoms with Crippen molar-refractivity contribution in [1.82, 2.24) is 5.32 Å². The van der Waals surface area contributed by atoms with Crippen LogP contribution in [-0.2, 0) is 14.3 Å². The van der Waals surface area contributed by atoms with Gasteiger partial charge in [-0.15, -0.1) is 0 Å². The number of carbonyl (C=O) groups is 2. The second-order valence-electron chi connectivity index (χ2n) is 5.51. The summed E-state index contributed by atoms with van der Waals surface area (Å²) in [5.41, 5.74) is 4.72. The third kappa shape index (κ3) is 5.04. The van der Waals surface area contributed by atoms with E-state index in [1.54, 1.807) is 6.92 Å². The molecule has 5 heteroatoms. The van der Waals surface area contributed by atoms with Crippen LogP contribution in [0.2, 0.25) is 0 Å². The van der Waals surface area contributed by atoms with Crippen molar-refractivity contribution in [1.29, 1.82) is 0 Å². The van der Waals surface area contributed by atoms with Crippen molar-refractivity contribution in [2.75, 3.05) is 13.2 Å². The van der Waals surface area contributed by atoms with Crippen LogP contribution in [0.25, 0.3) is 0 Å². The quantitative estimate of drug-likeness (QED) is 0.531. The Morgan fingerprint density at radius 3 is 2.22 bits per heavy atom. The minimum atomic E-state index is -0.656. The molecular formula is C13H26N2O3.